The van der Waals surface area contributed by atoms with E-state index in [0.717, 1.165) is 39.6 Å². The first kappa shape index (κ1) is 16.9. The molecule has 7 nitrogen and oxygen atoms in total. The number of benzene rings is 1. The predicted molar refractivity (Wildman–Crippen MR) is 110 cm³/mol. The molecule has 3 aromatic heterocycles. The third kappa shape index (κ3) is 3.01. The van der Waals surface area contributed by atoms with Gasteiger partial charge in [-0.25, -0.2) is 9.99 Å². The molecule has 8 heteroatoms. The molecule has 0 spiro atoms. The van der Waals surface area contributed by atoms with Crippen LogP contribution in [0.4, 0.5) is 5.13 Å². The van der Waals surface area contributed by atoms with Crippen LogP contribution in [0.3, 0.4) is 0 Å². The van der Waals surface area contributed by atoms with Gasteiger partial charge in [-0.2, -0.15) is 15.3 Å². The molecular weight excluding hydrogens is 370 g/mol. The first-order chi connectivity index (χ1) is 13.7. The van der Waals surface area contributed by atoms with Gasteiger partial charge in [0.2, 0.25) is 5.13 Å². The molecule has 5 rings (SSSR count). The van der Waals surface area contributed by atoms with Crippen LogP contribution >= 0.6 is 11.3 Å². The fourth-order valence-corrected chi connectivity index (χ4v) is 4.25. The molecule has 0 fully saturated rings. The van der Waals surface area contributed by atoms with Gasteiger partial charge in [0.15, 0.2) is 0 Å². The van der Waals surface area contributed by atoms with Gasteiger partial charge in [0.25, 0.3) is 0 Å². The van der Waals surface area contributed by atoms with Crippen molar-refractivity contribution >= 4 is 22.2 Å². The lowest BCUT2D eigenvalue weighted by Crippen LogP contribution is -2.18. The molecule has 140 valence electrons. The maximum atomic E-state index is 4.92. The smallest absolute Gasteiger partial charge is 0.207 e. The van der Waals surface area contributed by atoms with E-state index in [2.05, 4.69) is 27.7 Å². The summed E-state index contributed by atoms with van der Waals surface area (Å²) in [4.78, 5) is 4.87. The van der Waals surface area contributed by atoms with Crippen LogP contribution in [0.15, 0.2) is 65.6 Å². The predicted octanol–water partition coefficient (Wildman–Crippen LogP) is 3.63. The summed E-state index contributed by atoms with van der Waals surface area (Å²) in [5.41, 5.74) is 5.26. The Labute approximate surface area is 166 Å². The van der Waals surface area contributed by atoms with Crippen LogP contribution in [0.2, 0.25) is 0 Å². The normalized spacial score (nSPS) is 16.6. The second-order valence-electron chi connectivity index (χ2n) is 6.84. The molecule has 0 saturated carbocycles. The summed E-state index contributed by atoms with van der Waals surface area (Å²) in [6.45, 7) is 0. The highest BCUT2D eigenvalue weighted by Gasteiger charge is 2.33. The molecular formula is C20H19N7S. The molecule has 0 bridgehead atoms. The summed E-state index contributed by atoms with van der Waals surface area (Å²) in [7, 11) is 3.85. The van der Waals surface area contributed by atoms with Gasteiger partial charge < -0.3 is 0 Å². The molecule has 4 heterocycles. The van der Waals surface area contributed by atoms with Gasteiger partial charge in [-0.15, -0.1) is 11.3 Å². The van der Waals surface area contributed by atoms with E-state index in [1.54, 1.807) is 16.0 Å². The van der Waals surface area contributed by atoms with E-state index in [1.807, 2.05) is 66.8 Å². The summed E-state index contributed by atoms with van der Waals surface area (Å²) in [6.07, 6.45) is 8.60. The minimum atomic E-state index is 0.0682. The lowest BCUT2D eigenvalue weighted by Gasteiger charge is -2.19. The SMILES string of the molecule is Cn1cc(C2=NN(c3nc(-c4ccccc4)cs3)[C@@H](c3cnn(C)c3)C2)cn1. The molecule has 1 aliphatic heterocycles. The first-order valence-corrected chi connectivity index (χ1v) is 9.90. The van der Waals surface area contributed by atoms with Gasteiger partial charge in [-0.05, 0) is 0 Å². The van der Waals surface area contributed by atoms with Crippen molar-refractivity contribution in [3.8, 4) is 11.3 Å². The molecule has 0 radical (unpaired) electrons. The van der Waals surface area contributed by atoms with E-state index in [0.29, 0.717) is 0 Å². The Morgan fingerprint density at radius 3 is 2.46 bits per heavy atom. The second-order valence-corrected chi connectivity index (χ2v) is 7.68. The van der Waals surface area contributed by atoms with Crippen molar-refractivity contribution in [3.05, 3.63) is 71.6 Å². The van der Waals surface area contributed by atoms with E-state index in [-0.39, 0.29) is 6.04 Å². The number of aromatic nitrogens is 5. The van der Waals surface area contributed by atoms with Crippen molar-refractivity contribution in [1.82, 2.24) is 24.5 Å². The number of hydrogen-bond donors (Lipinski definition) is 0. The summed E-state index contributed by atoms with van der Waals surface area (Å²) >= 11 is 1.61. The average Bonchev–Trinajstić information content (AvgIpc) is 3.48. The van der Waals surface area contributed by atoms with Crippen molar-refractivity contribution in [3.63, 3.8) is 0 Å². The Bertz CT molecular complexity index is 1140. The van der Waals surface area contributed by atoms with Crippen molar-refractivity contribution in [1.29, 1.82) is 0 Å². The maximum Gasteiger partial charge on any atom is 0.207 e. The zero-order chi connectivity index (χ0) is 19.1. The van der Waals surface area contributed by atoms with Crippen LogP contribution in [0.1, 0.15) is 23.6 Å². The Balaban J connectivity index is 1.53. The van der Waals surface area contributed by atoms with Crippen LogP contribution in [-0.4, -0.2) is 30.3 Å². The Hall–Kier alpha value is -3.26. The van der Waals surface area contributed by atoms with Gasteiger partial charge in [0, 0.05) is 55.0 Å². The number of hydrazone groups is 1. The van der Waals surface area contributed by atoms with E-state index in [9.17, 15) is 0 Å². The van der Waals surface area contributed by atoms with E-state index >= 15 is 0 Å². The van der Waals surface area contributed by atoms with E-state index in [4.69, 9.17) is 10.1 Å². The van der Waals surface area contributed by atoms with Crippen LogP contribution < -0.4 is 5.01 Å². The van der Waals surface area contributed by atoms with E-state index < -0.39 is 0 Å². The van der Waals surface area contributed by atoms with Crippen LogP contribution in [0, 0.1) is 0 Å². The fourth-order valence-electron chi connectivity index (χ4n) is 3.41. The number of anilines is 1. The number of aryl methyl sites for hydroxylation is 2. The molecule has 0 aliphatic carbocycles. The number of nitrogens with zero attached hydrogens (tertiary/aromatic N) is 7. The van der Waals surface area contributed by atoms with Gasteiger partial charge >= 0.3 is 0 Å². The maximum absolute atomic E-state index is 4.92. The third-order valence-corrected chi connectivity index (χ3v) is 5.65. The van der Waals surface area contributed by atoms with Gasteiger partial charge in [0.1, 0.15) is 0 Å². The minimum Gasteiger partial charge on any atom is -0.275 e. The summed E-state index contributed by atoms with van der Waals surface area (Å²) in [5.74, 6) is 0. The monoisotopic (exact) mass is 389 g/mol. The van der Waals surface area contributed by atoms with Gasteiger partial charge in [0.05, 0.1) is 29.8 Å². The van der Waals surface area contributed by atoms with Crippen molar-refractivity contribution in [2.75, 3.05) is 5.01 Å². The molecule has 1 aromatic carbocycles. The topological polar surface area (TPSA) is 64.1 Å². The largest absolute Gasteiger partial charge is 0.275 e. The minimum absolute atomic E-state index is 0.0682. The summed E-state index contributed by atoms with van der Waals surface area (Å²) < 4.78 is 3.63. The second kappa shape index (κ2) is 6.72. The number of rotatable bonds is 4. The molecule has 28 heavy (non-hydrogen) atoms. The van der Waals surface area contributed by atoms with Crippen molar-refractivity contribution in [2.24, 2.45) is 19.2 Å². The average molecular weight is 389 g/mol. The van der Waals surface area contributed by atoms with E-state index in [1.165, 1.54) is 0 Å². The molecule has 0 saturated heterocycles. The Kier molecular flexibility index (Phi) is 4.05. The number of thiazole rings is 1. The molecule has 4 aromatic rings. The molecule has 1 aliphatic rings. The lowest BCUT2D eigenvalue weighted by atomic mass is 10.0. The van der Waals surface area contributed by atoms with Crippen molar-refractivity contribution in [2.45, 2.75) is 12.5 Å². The standard InChI is InChI=1S/C20H19N7S/c1-25-11-15(9-21-25)17-8-19(16-10-22-26(2)12-16)27(24-17)20-23-18(13-28-20)14-6-4-3-5-7-14/h3-7,9-13,19H,8H2,1-2H3/t19-/m1/s1. The van der Waals surface area contributed by atoms with Gasteiger partial charge in [-0.1, -0.05) is 30.3 Å². The Morgan fingerprint density at radius 2 is 1.75 bits per heavy atom. The highest BCUT2D eigenvalue weighted by atomic mass is 32.1. The molecule has 0 unspecified atom stereocenters. The quantitative estimate of drug-likeness (QED) is 0.535. The zero-order valence-corrected chi connectivity index (χ0v) is 16.4. The Morgan fingerprint density at radius 1 is 0.964 bits per heavy atom. The van der Waals surface area contributed by atoms with Crippen LogP contribution in [0.25, 0.3) is 11.3 Å². The summed E-state index contributed by atoms with van der Waals surface area (Å²) in [5, 5.41) is 18.6. The lowest BCUT2D eigenvalue weighted by molar-refractivity contribution is 0.703. The van der Waals surface area contributed by atoms with Crippen LogP contribution in [-0.2, 0) is 14.1 Å². The van der Waals surface area contributed by atoms with Gasteiger partial charge in [-0.3, -0.25) is 9.36 Å². The first-order valence-electron chi connectivity index (χ1n) is 9.02. The number of hydrogen-bond acceptors (Lipinski definition) is 6. The molecule has 0 N–H and O–H groups in total. The molecule has 0 amide bonds. The summed E-state index contributed by atoms with van der Waals surface area (Å²) in [6, 6.07) is 10.3. The van der Waals surface area contributed by atoms with Crippen molar-refractivity contribution < 1.29 is 0 Å². The third-order valence-electron chi connectivity index (χ3n) is 4.82. The highest BCUT2D eigenvalue weighted by Crippen LogP contribution is 2.39. The van der Waals surface area contributed by atoms with Crippen LogP contribution in [0.5, 0.6) is 0 Å². The molecule has 1 atom stereocenters. The fraction of sp³-hybridized carbons (Fsp3) is 0.200. The highest BCUT2D eigenvalue weighted by molar-refractivity contribution is 7.14. The zero-order valence-electron chi connectivity index (χ0n) is 15.6.